The Morgan fingerprint density at radius 3 is 1.62 bits per heavy atom. The van der Waals surface area contributed by atoms with Crippen molar-refractivity contribution in [2.24, 2.45) is 27.2 Å². The summed E-state index contributed by atoms with van der Waals surface area (Å²) in [5.74, 6) is -2.17. The number of hydrogen-bond acceptors (Lipinski definition) is 2. The van der Waals surface area contributed by atoms with Gasteiger partial charge >= 0.3 is 0 Å². The first kappa shape index (κ1) is 23.7. The van der Waals surface area contributed by atoms with E-state index in [0.29, 0.717) is 11.1 Å². The van der Waals surface area contributed by atoms with Gasteiger partial charge < -0.3 is 22.5 Å². The molecule has 6 nitrogen and oxygen atoms in total. The fraction of sp³-hybridized carbons (Fsp3) is 0.263. The van der Waals surface area contributed by atoms with E-state index in [1.54, 1.807) is 0 Å². The molecule has 10 heteroatoms. The van der Waals surface area contributed by atoms with Crippen LogP contribution in [0.1, 0.15) is 22.3 Å². The molecule has 0 aliphatic carbocycles. The van der Waals surface area contributed by atoms with E-state index in [0.717, 1.165) is 0 Å². The van der Waals surface area contributed by atoms with Crippen LogP contribution in [0.3, 0.4) is 0 Å². The third-order valence-corrected chi connectivity index (χ3v) is 3.84. The molecule has 0 aromatic heterocycles. The summed E-state index contributed by atoms with van der Waals surface area (Å²) in [4.78, 5) is 7.31. The van der Waals surface area contributed by atoms with E-state index in [4.69, 9.17) is 17.2 Å². The van der Waals surface area contributed by atoms with Crippen LogP contribution in [0.25, 0.3) is 0 Å². The maximum absolute atomic E-state index is 13.1. The average Bonchev–Trinajstić information content (AvgIpc) is 2.66. The summed E-state index contributed by atoms with van der Waals surface area (Å²) in [5.41, 5.74) is 16.5. The maximum Gasteiger partial charge on any atom is 0.188 e. The molecule has 0 amide bonds. The van der Waals surface area contributed by atoms with Gasteiger partial charge in [0.15, 0.2) is 11.9 Å². The van der Waals surface area contributed by atoms with Crippen LogP contribution in [0.2, 0.25) is 0 Å². The molecule has 2 aromatic rings. The van der Waals surface area contributed by atoms with Crippen LogP contribution in [-0.4, -0.2) is 19.0 Å². The zero-order valence-corrected chi connectivity index (χ0v) is 16.4. The van der Waals surface area contributed by atoms with Crippen molar-refractivity contribution in [3.63, 3.8) is 0 Å². The predicted octanol–water partition coefficient (Wildman–Crippen LogP) is 2.35. The second kappa shape index (κ2) is 10.9. The van der Waals surface area contributed by atoms with E-state index >= 15 is 0 Å². The third kappa shape index (κ3) is 7.68. The number of nitrogens with two attached hydrogens (primary N) is 3. The molecule has 0 saturated carbocycles. The molecule has 2 aromatic carbocycles. The number of guanidine groups is 2. The fourth-order valence-electron chi connectivity index (χ4n) is 2.04. The first-order chi connectivity index (χ1) is 13.5. The summed E-state index contributed by atoms with van der Waals surface area (Å²) in [6.07, 6.45) is 0. The van der Waals surface area contributed by atoms with Crippen LogP contribution >= 0.6 is 0 Å². The number of nitrogens with zero attached hydrogens (tertiary/aromatic N) is 2. The molecule has 0 bridgehead atoms. The number of hydrogen-bond donors (Lipinski definition) is 4. The lowest BCUT2D eigenvalue weighted by Gasteiger charge is -2.06. The zero-order valence-electron chi connectivity index (χ0n) is 16.4. The summed E-state index contributed by atoms with van der Waals surface area (Å²) >= 11 is 0. The summed E-state index contributed by atoms with van der Waals surface area (Å²) in [5, 5.41) is 2.72. The van der Waals surface area contributed by atoms with Crippen molar-refractivity contribution in [3.05, 3.63) is 69.8 Å². The Bertz CT molecular complexity index is 862. The number of benzene rings is 2. The molecule has 158 valence electrons. The molecular weight excluding hydrogens is 388 g/mol. The van der Waals surface area contributed by atoms with E-state index in [-0.39, 0.29) is 36.1 Å². The Labute approximate surface area is 166 Å². The molecular formula is C19H24F4N6. The van der Waals surface area contributed by atoms with Crippen LogP contribution < -0.4 is 22.5 Å². The van der Waals surface area contributed by atoms with Gasteiger partial charge in [-0.1, -0.05) is 0 Å². The minimum Gasteiger partial charge on any atom is -0.370 e. The van der Waals surface area contributed by atoms with Gasteiger partial charge in [0.25, 0.3) is 0 Å². The zero-order chi connectivity index (χ0) is 22.1. The van der Waals surface area contributed by atoms with Crippen LogP contribution in [0, 0.1) is 37.1 Å². The van der Waals surface area contributed by atoms with Crippen molar-refractivity contribution in [1.82, 2.24) is 5.32 Å². The molecule has 0 heterocycles. The lowest BCUT2D eigenvalue weighted by atomic mass is 10.1. The van der Waals surface area contributed by atoms with E-state index in [9.17, 15) is 17.6 Å². The minimum absolute atomic E-state index is 0.00144. The molecule has 0 fully saturated rings. The van der Waals surface area contributed by atoms with Gasteiger partial charge in [-0.2, -0.15) is 0 Å². The van der Waals surface area contributed by atoms with Crippen LogP contribution in [0.15, 0.2) is 34.3 Å². The van der Waals surface area contributed by atoms with E-state index in [1.165, 1.54) is 45.2 Å². The third-order valence-electron chi connectivity index (χ3n) is 3.84. The molecule has 29 heavy (non-hydrogen) atoms. The van der Waals surface area contributed by atoms with E-state index < -0.39 is 23.3 Å². The van der Waals surface area contributed by atoms with Crippen molar-refractivity contribution >= 4 is 11.9 Å². The molecule has 0 unspecified atom stereocenters. The summed E-state index contributed by atoms with van der Waals surface area (Å²) in [6.45, 7) is 3.09. The van der Waals surface area contributed by atoms with Gasteiger partial charge in [0, 0.05) is 24.7 Å². The SMILES string of the molecule is CN=C(N)NCc1cc(F)c(C)c(F)c1.Cc1c(F)cc(CN=C(N)N)cc1F. The largest absolute Gasteiger partial charge is 0.370 e. The van der Waals surface area contributed by atoms with Gasteiger partial charge in [-0.15, -0.1) is 0 Å². The Hall–Kier alpha value is -3.30. The molecule has 0 aliphatic rings. The Balaban J connectivity index is 0.000000291. The van der Waals surface area contributed by atoms with E-state index in [1.807, 2.05) is 0 Å². The predicted molar refractivity (Wildman–Crippen MR) is 106 cm³/mol. The van der Waals surface area contributed by atoms with Gasteiger partial charge in [0.05, 0.1) is 6.54 Å². The molecule has 0 saturated heterocycles. The lowest BCUT2D eigenvalue weighted by Crippen LogP contribution is -2.30. The van der Waals surface area contributed by atoms with Crippen LogP contribution in [0.4, 0.5) is 17.6 Å². The fourth-order valence-corrected chi connectivity index (χ4v) is 2.04. The highest BCUT2D eigenvalue weighted by Crippen LogP contribution is 2.15. The standard InChI is InChI=1S/C10H13F2N3.C9H11F2N3/c1-6-8(11)3-7(4-9(6)12)5-15-10(13)14-2;1-5-7(10)2-6(3-8(5)11)4-14-9(12)13/h3-4H,5H2,1-2H3,(H3,13,14,15);2-3H,4H2,1H3,(H4,12,13,14). The molecule has 0 spiro atoms. The first-order valence-electron chi connectivity index (χ1n) is 8.45. The number of aliphatic imine (C=N–C) groups is 2. The van der Waals surface area contributed by atoms with Gasteiger partial charge in [0.2, 0.25) is 0 Å². The average molecular weight is 412 g/mol. The maximum atomic E-state index is 13.1. The number of nitrogens with one attached hydrogen (secondary N) is 1. The summed E-state index contributed by atoms with van der Waals surface area (Å²) in [7, 11) is 1.53. The first-order valence-corrected chi connectivity index (χ1v) is 8.45. The molecule has 0 atom stereocenters. The molecule has 2 rings (SSSR count). The van der Waals surface area contributed by atoms with Gasteiger partial charge in [-0.05, 0) is 49.2 Å². The smallest absolute Gasteiger partial charge is 0.188 e. The van der Waals surface area contributed by atoms with Crippen molar-refractivity contribution in [1.29, 1.82) is 0 Å². The van der Waals surface area contributed by atoms with Crippen molar-refractivity contribution in [2.75, 3.05) is 7.05 Å². The Morgan fingerprint density at radius 1 is 0.828 bits per heavy atom. The second-order valence-electron chi connectivity index (χ2n) is 6.07. The van der Waals surface area contributed by atoms with Crippen molar-refractivity contribution in [3.8, 4) is 0 Å². The Kier molecular flexibility index (Phi) is 8.91. The summed E-state index contributed by atoms with van der Waals surface area (Å²) < 4.78 is 52.3. The van der Waals surface area contributed by atoms with Crippen molar-refractivity contribution in [2.45, 2.75) is 26.9 Å². The normalized spacial score (nSPS) is 10.8. The Morgan fingerprint density at radius 2 is 1.24 bits per heavy atom. The van der Waals surface area contributed by atoms with Gasteiger partial charge in [-0.3, -0.25) is 4.99 Å². The molecule has 7 N–H and O–H groups in total. The van der Waals surface area contributed by atoms with Gasteiger partial charge in [0.1, 0.15) is 23.3 Å². The number of rotatable bonds is 4. The highest BCUT2D eigenvalue weighted by molar-refractivity contribution is 5.77. The minimum atomic E-state index is -0.592. The van der Waals surface area contributed by atoms with Crippen LogP contribution in [-0.2, 0) is 13.1 Å². The molecule has 0 radical (unpaired) electrons. The molecule has 0 aliphatic heterocycles. The van der Waals surface area contributed by atoms with E-state index in [2.05, 4.69) is 15.3 Å². The second-order valence-corrected chi connectivity index (χ2v) is 6.07. The quantitative estimate of drug-likeness (QED) is 0.351. The number of halogens is 4. The summed E-state index contributed by atoms with van der Waals surface area (Å²) in [6, 6.07) is 4.97. The van der Waals surface area contributed by atoms with Crippen molar-refractivity contribution < 1.29 is 17.6 Å². The van der Waals surface area contributed by atoms with Crippen LogP contribution in [0.5, 0.6) is 0 Å². The monoisotopic (exact) mass is 412 g/mol. The topological polar surface area (TPSA) is 115 Å². The highest BCUT2D eigenvalue weighted by Gasteiger charge is 2.07. The van der Waals surface area contributed by atoms with Gasteiger partial charge in [-0.25, -0.2) is 22.6 Å². The lowest BCUT2D eigenvalue weighted by molar-refractivity contribution is 0.563. The highest BCUT2D eigenvalue weighted by atomic mass is 19.1.